The van der Waals surface area contributed by atoms with Crippen LogP contribution in [0.3, 0.4) is 0 Å². The molecule has 0 saturated carbocycles. The zero-order chi connectivity index (χ0) is 25.5. The predicted molar refractivity (Wildman–Crippen MR) is 134 cm³/mol. The first-order valence-corrected chi connectivity index (χ1v) is 10.9. The molecule has 180 valence electrons. The molecule has 2 aromatic carbocycles. The number of nitrogens with one attached hydrogen (secondary N) is 3. The largest absolute Gasteiger partial charge is 0.465 e. The fourth-order valence-corrected chi connectivity index (χ4v) is 3.34. The van der Waals surface area contributed by atoms with Gasteiger partial charge in [-0.1, -0.05) is 19.9 Å². The van der Waals surface area contributed by atoms with Gasteiger partial charge in [-0.2, -0.15) is 0 Å². The molecule has 3 aromatic rings. The third-order valence-electron chi connectivity index (χ3n) is 5.17. The normalized spacial score (nSPS) is 10.5. The fourth-order valence-electron chi connectivity index (χ4n) is 3.34. The van der Waals surface area contributed by atoms with E-state index in [0.717, 1.165) is 0 Å². The van der Waals surface area contributed by atoms with E-state index in [-0.39, 0.29) is 28.8 Å². The van der Waals surface area contributed by atoms with Crippen molar-refractivity contribution in [3.05, 3.63) is 83.2 Å². The van der Waals surface area contributed by atoms with E-state index < -0.39 is 11.9 Å². The molecule has 9 heteroatoms. The van der Waals surface area contributed by atoms with Crippen LogP contribution in [0.25, 0.3) is 11.1 Å². The summed E-state index contributed by atoms with van der Waals surface area (Å²) in [6, 6.07) is 12.7. The minimum absolute atomic E-state index is 0.0732. The summed E-state index contributed by atoms with van der Waals surface area (Å²) in [6.07, 6.45) is 2.96. The summed E-state index contributed by atoms with van der Waals surface area (Å²) in [5, 5.41) is 13.1. The van der Waals surface area contributed by atoms with E-state index in [9.17, 15) is 14.4 Å². The maximum absolute atomic E-state index is 13.1. The summed E-state index contributed by atoms with van der Waals surface area (Å²) < 4.78 is 4.94. The van der Waals surface area contributed by atoms with Gasteiger partial charge in [0.1, 0.15) is 5.84 Å². The highest BCUT2D eigenvalue weighted by atomic mass is 16.5. The summed E-state index contributed by atoms with van der Waals surface area (Å²) >= 11 is 0. The molecule has 0 atom stereocenters. The van der Waals surface area contributed by atoms with Crippen LogP contribution in [0.5, 0.6) is 0 Å². The number of ether oxygens (including phenoxy) is 1. The van der Waals surface area contributed by atoms with Gasteiger partial charge in [-0.15, -0.1) is 0 Å². The molecule has 0 spiro atoms. The molecule has 0 unspecified atom stereocenters. The number of aromatic nitrogens is 1. The topological polar surface area (TPSA) is 147 Å². The molecule has 0 aliphatic rings. The number of nitrogens with two attached hydrogens (primary N) is 1. The highest BCUT2D eigenvalue weighted by Gasteiger charge is 2.21. The number of rotatable bonds is 8. The van der Waals surface area contributed by atoms with Gasteiger partial charge in [0.25, 0.3) is 11.8 Å². The molecule has 0 fully saturated rings. The lowest BCUT2D eigenvalue weighted by Crippen LogP contribution is -2.27. The first-order chi connectivity index (χ1) is 16.7. The summed E-state index contributed by atoms with van der Waals surface area (Å²) in [5.74, 6) is -1.18. The smallest absolute Gasteiger partial charge is 0.338 e. The third-order valence-corrected chi connectivity index (χ3v) is 5.17. The van der Waals surface area contributed by atoms with E-state index in [0.29, 0.717) is 34.5 Å². The molecule has 9 nitrogen and oxygen atoms in total. The zero-order valence-corrected chi connectivity index (χ0v) is 19.7. The molecule has 0 radical (unpaired) electrons. The number of amidine groups is 1. The Kier molecular flexibility index (Phi) is 7.93. The second kappa shape index (κ2) is 11.1. The van der Waals surface area contributed by atoms with Crippen LogP contribution in [0, 0.1) is 11.3 Å². The van der Waals surface area contributed by atoms with Crippen molar-refractivity contribution in [2.75, 3.05) is 19.0 Å². The molecule has 1 aromatic heterocycles. The Balaban J connectivity index is 1.97. The number of benzene rings is 2. The molecule has 0 bridgehead atoms. The Morgan fingerprint density at radius 2 is 1.66 bits per heavy atom. The first kappa shape index (κ1) is 25.1. The Hall–Kier alpha value is -4.53. The minimum Gasteiger partial charge on any atom is -0.465 e. The predicted octanol–water partition coefficient (Wildman–Crippen LogP) is 3.46. The molecule has 5 N–H and O–H groups in total. The summed E-state index contributed by atoms with van der Waals surface area (Å²) in [5.41, 5.74) is 8.04. The lowest BCUT2D eigenvalue weighted by molar-refractivity contribution is 0.0601. The number of nitrogen functional groups attached to an aromatic ring is 1. The molecule has 0 saturated heterocycles. The van der Waals surface area contributed by atoms with Gasteiger partial charge >= 0.3 is 5.97 Å². The molecule has 3 rings (SSSR count). The number of amides is 2. The highest BCUT2D eigenvalue weighted by Crippen LogP contribution is 2.29. The molecule has 0 aliphatic carbocycles. The van der Waals surface area contributed by atoms with Crippen LogP contribution in [0.15, 0.2) is 60.9 Å². The molecule has 0 aliphatic heterocycles. The van der Waals surface area contributed by atoms with E-state index in [1.807, 2.05) is 13.8 Å². The minimum atomic E-state index is -0.645. The lowest BCUT2D eigenvalue weighted by atomic mass is 9.94. The van der Waals surface area contributed by atoms with E-state index in [1.165, 1.54) is 25.6 Å². The Bertz CT molecular complexity index is 1270. The molecule has 2 amide bonds. The van der Waals surface area contributed by atoms with Gasteiger partial charge in [-0.25, -0.2) is 4.79 Å². The van der Waals surface area contributed by atoms with Gasteiger partial charge in [0.05, 0.1) is 18.2 Å². The number of hydrogen-bond acceptors (Lipinski definition) is 6. The van der Waals surface area contributed by atoms with Crippen LogP contribution in [0.4, 0.5) is 5.69 Å². The molecular formula is C26H27N5O4. The summed E-state index contributed by atoms with van der Waals surface area (Å²) in [6.45, 7) is 4.46. The molecule has 35 heavy (non-hydrogen) atoms. The van der Waals surface area contributed by atoms with Crippen LogP contribution in [0.2, 0.25) is 0 Å². The summed E-state index contributed by atoms with van der Waals surface area (Å²) in [7, 11) is 1.25. The van der Waals surface area contributed by atoms with Crippen molar-refractivity contribution >= 4 is 29.3 Å². The van der Waals surface area contributed by atoms with Crippen LogP contribution >= 0.6 is 0 Å². The third kappa shape index (κ3) is 6.08. The number of nitrogens with zero attached hydrogens (tertiary/aromatic N) is 1. The van der Waals surface area contributed by atoms with Crippen molar-refractivity contribution < 1.29 is 19.1 Å². The van der Waals surface area contributed by atoms with E-state index in [1.54, 1.807) is 42.5 Å². The standard InChI is InChI=1S/C26H27N5O4/c1-15(2)13-30-24(32)17-6-9-19(21(12-17)26(34)35-3)22-14-29-11-10-20(22)25(33)31-18-7-4-16(5-8-18)23(27)28/h4-12,14-15H,13H2,1-3H3,(H3,27,28)(H,30,32)(H,31,33). The number of methoxy groups -OCH3 is 1. The van der Waals surface area contributed by atoms with Gasteiger partial charge in [-0.05, 0) is 53.9 Å². The SMILES string of the molecule is COC(=O)c1cc(C(=O)NCC(C)C)ccc1-c1cnccc1C(=O)Nc1ccc(C(=N)N)cc1. The van der Waals surface area contributed by atoms with Gasteiger partial charge < -0.3 is 21.1 Å². The second-order valence-corrected chi connectivity index (χ2v) is 8.22. The maximum atomic E-state index is 13.1. The van der Waals surface area contributed by atoms with Crippen LogP contribution < -0.4 is 16.4 Å². The maximum Gasteiger partial charge on any atom is 0.338 e. The van der Waals surface area contributed by atoms with Crippen molar-refractivity contribution in [3.63, 3.8) is 0 Å². The van der Waals surface area contributed by atoms with Crippen molar-refractivity contribution in [2.45, 2.75) is 13.8 Å². The summed E-state index contributed by atoms with van der Waals surface area (Å²) in [4.78, 5) is 42.4. The number of pyridine rings is 1. The number of anilines is 1. The van der Waals surface area contributed by atoms with Gasteiger partial charge in [-0.3, -0.25) is 20.0 Å². The van der Waals surface area contributed by atoms with Crippen molar-refractivity contribution in [1.29, 1.82) is 5.41 Å². The van der Waals surface area contributed by atoms with Gasteiger partial charge in [0, 0.05) is 41.3 Å². The average Bonchev–Trinajstić information content (AvgIpc) is 2.86. The van der Waals surface area contributed by atoms with E-state index in [2.05, 4.69) is 15.6 Å². The first-order valence-electron chi connectivity index (χ1n) is 10.9. The fraction of sp³-hybridized carbons (Fsp3) is 0.192. The average molecular weight is 474 g/mol. The van der Waals surface area contributed by atoms with E-state index in [4.69, 9.17) is 15.9 Å². The monoisotopic (exact) mass is 473 g/mol. The number of carbonyl (C=O) groups excluding carboxylic acids is 3. The van der Waals surface area contributed by atoms with Crippen molar-refractivity contribution in [3.8, 4) is 11.1 Å². The van der Waals surface area contributed by atoms with Crippen LogP contribution in [-0.4, -0.2) is 42.3 Å². The Morgan fingerprint density at radius 1 is 0.971 bits per heavy atom. The Labute approximate surface area is 203 Å². The van der Waals surface area contributed by atoms with Gasteiger partial charge in [0.15, 0.2) is 0 Å². The second-order valence-electron chi connectivity index (χ2n) is 8.22. The van der Waals surface area contributed by atoms with E-state index >= 15 is 0 Å². The Morgan fingerprint density at radius 3 is 2.29 bits per heavy atom. The zero-order valence-electron chi connectivity index (χ0n) is 19.7. The molecule has 1 heterocycles. The number of esters is 1. The van der Waals surface area contributed by atoms with Crippen LogP contribution in [0.1, 0.15) is 50.5 Å². The lowest BCUT2D eigenvalue weighted by Gasteiger charge is -2.14. The van der Waals surface area contributed by atoms with Gasteiger partial charge in [0.2, 0.25) is 0 Å². The van der Waals surface area contributed by atoms with Crippen LogP contribution in [-0.2, 0) is 4.74 Å². The van der Waals surface area contributed by atoms with Crippen molar-refractivity contribution in [2.24, 2.45) is 11.7 Å². The quantitative estimate of drug-likeness (QED) is 0.224. The highest BCUT2D eigenvalue weighted by molar-refractivity contribution is 6.11. The van der Waals surface area contributed by atoms with Crippen molar-refractivity contribution in [1.82, 2.24) is 10.3 Å². The molecular weight excluding hydrogens is 446 g/mol. The number of hydrogen-bond donors (Lipinski definition) is 4. The number of carbonyl (C=O) groups is 3.